The number of anilines is 1. The van der Waals surface area contributed by atoms with Crippen LogP contribution in [0.3, 0.4) is 0 Å². The number of carbonyl (C=O) groups excluding carboxylic acids is 2. The predicted molar refractivity (Wildman–Crippen MR) is 81.8 cm³/mol. The molecule has 3 rings (SSSR count). The lowest BCUT2D eigenvalue weighted by Gasteiger charge is -2.30. The normalized spacial score (nSPS) is 17.6. The van der Waals surface area contributed by atoms with Crippen molar-refractivity contribution in [2.24, 2.45) is 11.8 Å². The second kappa shape index (κ2) is 5.51. The van der Waals surface area contributed by atoms with Crippen molar-refractivity contribution in [2.75, 3.05) is 11.9 Å². The van der Waals surface area contributed by atoms with E-state index in [2.05, 4.69) is 11.4 Å². The van der Waals surface area contributed by atoms with Gasteiger partial charge in [-0.3, -0.25) is 9.59 Å². The number of fused-ring (bicyclic) bond motifs is 1. The van der Waals surface area contributed by atoms with E-state index in [9.17, 15) is 9.59 Å². The van der Waals surface area contributed by atoms with Crippen LogP contribution in [-0.4, -0.2) is 23.3 Å². The second-order valence-corrected chi connectivity index (χ2v) is 6.41. The van der Waals surface area contributed by atoms with Crippen LogP contribution >= 0.6 is 0 Å². The first kappa shape index (κ1) is 14.1. The third-order valence-corrected chi connectivity index (χ3v) is 4.24. The fourth-order valence-electron chi connectivity index (χ4n) is 2.78. The third-order valence-electron chi connectivity index (χ3n) is 4.24. The van der Waals surface area contributed by atoms with Crippen molar-refractivity contribution in [1.82, 2.24) is 4.90 Å². The molecule has 112 valence electrons. The number of nitrogens with one attached hydrogen (secondary N) is 1. The van der Waals surface area contributed by atoms with Gasteiger partial charge in [-0.05, 0) is 42.5 Å². The average molecular weight is 286 g/mol. The van der Waals surface area contributed by atoms with Crippen LogP contribution < -0.4 is 5.32 Å². The molecule has 1 aliphatic heterocycles. The fraction of sp³-hybridized carbons (Fsp3) is 0.529. The molecule has 4 heteroatoms. The lowest BCUT2D eigenvalue weighted by molar-refractivity contribution is -0.135. The molecule has 2 aliphatic rings. The summed E-state index contributed by atoms with van der Waals surface area (Å²) in [6.07, 6.45) is 2.91. The summed E-state index contributed by atoms with van der Waals surface area (Å²) in [6, 6.07) is 6.07. The van der Waals surface area contributed by atoms with Gasteiger partial charge in [-0.25, -0.2) is 0 Å². The molecule has 0 atom stereocenters. The molecule has 2 amide bonds. The van der Waals surface area contributed by atoms with E-state index in [1.807, 2.05) is 30.9 Å². The zero-order valence-corrected chi connectivity index (χ0v) is 12.7. The van der Waals surface area contributed by atoms with E-state index in [0.29, 0.717) is 6.54 Å². The van der Waals surface area contributed by atoms with Crippen LogP contribution in [0.4, 0.5) is 5.69 Å². The molecule has 1 aromatic carbocycles. The molecule has 1 heterocycles. The first-order valence-corrected chi connectivity index (χ1v) is 7.76. The Kier molecular flexibility index (Phi) is 3.70. The minimum absolute atomic E-state index is 0.0318. The number of rotatable bonds is 3. The van der Waals surface area contributed by atoms with E-state index in [1.165, 1.54) is 5.56 Å². The average Bonchev–Trinajstić information content (AvgIpc) is 3.30. The van der Waals surface area contributed by atoms with Crippen molar-refractivity contribution in [2.45, 2.75) is 39.7 Å². The summed E-state index contributed by atoms with van der Waals surface area (Å²) < 4.78 is 0. The van der Waals surface area contributed by atoms with Gasteiger partial charge < -0.3 is 10.2 Å². The lowest BCUT2D eigenvalue weighted by Crippen LogP contribution is -2.38. The Morgan fingerprint density at radius 2 is 2.00 bits per heavy atom. The molecule has 1 aromatic rings. The summed E-state index contributed by atoms with van der Waals surface area (Å²) in [5.74, 6) is 0.568. The number of amides is 2. The maximum Gasteiger partial charge on any atom is 0.227 e. The molecule has 1 N–H and O–H groups in total. The highest BCUT2D eigenvalue weighted by Crippen LogP contribution is 2.31. The van der Waals surface area contributed by atoms with Gasteiger partial charge >= 0.3 is 0 Å². The highest BCUT2D eigenvalue weighted by atomic mass is 16.2. The van der Waals surface area contributed by atoms with Gasteiger partial charge in [0.1, 0.15) is 0 Å². The van der Waals surface area contributed by atoms with E-state index in [4.69, 9.17) is 0 Å². The molecule has 0 saturated heterocycles. The zero-order chi connectivity index (χ0) is 15.0. The Morgan fingerprint density at radius 3 is 2.67 bits per heavy atom. The van der Waals surface area contributed by atoms with Gasteiger partial charge in [0.05, 0.1) is 0 Å². The Balaban J connectivity index is 1.73. The van der Waals surface area contributed by atoms with Crippen molar-refractivity contribution in [3.63, 3.8) is 0 Å². The van der Waals surface area contributed by atoms with Crippen LogP contribution in [0.5, 0.6) is 0 Å². The maximum atomic E-state index is 12.1. The van der Waals surface area contributed by atoms with Gasteiger partial charge in [0, 0.05) is 30.6 Å². The van der Waals surface area contributed by atoms with Gasteiger partial charge in [-0.2, -0.15) is 0 Å². The lowest BCUT2D eigenvalue weighted by atomic mass is 9.98. The first-order valence-electron chi connectivity index (χ1n) is 7.76. The van der Waals surface area contributed by atoms with E-state index in [1.54, 1.807) is 0 Å². The van der Waals surface area contributed by atoms with Gasteiger partial charge in [0.2, 0.25) is 11.8 Å². The minimum atomic E-state index is 0.0318. The smallest absolute Gasteiger partial charge is 0.227 e. The summed E-state index contributed by atoms with van der Waals surface area (Å²) in [5, 5.41) is 2.98. The first-order chi connectivity index (χ1) is 10.0. The van der Waals surface area contributed by atoms with Crippen LogP contribution in [0.25, 0.3) is 0 Å². The Bertz CT molecular complexity index is 576. The molecule has 0 unspecified atom stereocenters. The topological polar surface area (TPSA) is 49.4 Å². The van der Waals surface area contributed by atoms with Crippen LogP contribution in [-0.2, 0) is 22.6 Å². The molecule has 1 aliphatic carbocycles. The molecule has 1 fully saturated rings. The molecular weight excluding hydrogens is 264 g/mol. The highest BCUT2D eigenvalue weighted by molar-refractivity contribution is 5.94. The molecule has 21 heavy (non-hydrogen) atoms. The molecule has 0 spiro atoms. The van der Waals surface area contributed by atoms with Crippen LogP contribution in [0, 0.1) is 11.8 Å². The molecular formula is C17H22N2O2. The van der Waals surface area contributed by atoms with Crippen LogP contribution in [0.15, 0.2) is 18.2 Å². The molecule has 0 radical (unpaired) electrons. The fourth-order valence-corrected chi connectivity index (χ4v) is 2.78. The minimum Gasteiger partial charge on any atom is -0.338 e. The second-order valence-electron chi connectivity index (χ2n) is 6.41. The van der Waals surface area contributed by atoms with Crippen molar-refractivity contribution in [3.05, 3.63) is 29.3 Å². The number of benzene rings is 1. The van der Waals surface area contributed by atoms with Gasteiger partial charge in [-0.1, -0.05) is 19.9 Å². The summed E-state index contributed by atoms with van der Waals surface area (Å²) in [5.41, 5.74) is 3.29. The number of carbonyl (C=O) groups is 2. The maximum absolute atomic E-state index is 12.1. The molecule has 4 nitrogen and oxygen atoms in total. The van der Waals surface area contributed by atoms with Crippen molar-refractivity contribution >= 4 is 17.5 Å². The summed E-state index contributed by atoms with van der Waals surface area (Å²) in [7, 11) is 0. The van der Waals surface area contributed by atoms with E-state index in [0.717, 1.165) is 37.1 Å². The Hall–Kier alpha value is -1.84. The summed E-state index contributed by atoms with van der Waals surface area (Å²) in [6.45, 7) is 5.31. The van der Waals surface area contributed by atoms with E-state index < -0.39 is 0 Å². The monoisotopic (exact) mass is 286 g/mol. The molecule has 0 aromatic heterocycles. The van der Waals surface area contributed by atoms with Gasteiger partial charge in [0.25, 0.3) is 0 Å². The van der Waals surface area contributed by atoms with Crippen molar-refractivity contribution in [1.29, 1.82) is 0 Å². The highest BCUT2D eigenvalue weighted by Gasteiger charge is 2.30. The number of hydrogen-bond donors (Lipinski definition) is 1. The predicted octanol–water partition coefficient (Wildman–Crippen LogP) is 2.58. The Morgan fingerprint density at radius 1 is 1.24 bits per heavy atom. The van der Waals surface area contributed by atoms with Crippen LogP contribution in [0.2, 0.25) is 0 Å². The van der Waals surface area contributed by atoms with Crippen molar-refractivity contribution in [3.8, 4) is 0 Å². The SMILES string of the molecule is CC(C)C(=O)N1CCc2ccc(NC(=O)C3CC3)cc2C1. The van der Waals surface area contributed by atoms with Gasteiger partial charge in [-0.15, -0.1) is 0 Å². The molecule has 0 bridgehead atoms. The molecule has 1 saturated carbocycles. The number of nitrogens with zero attached hydrogens (tertiary/aromatic N) is 1. The van der Waals surface area contributed by atoms with Gasteiger partial charge in [0.15, 0.2) is 0 Å². The van der Waals surface area contributed by atoms with Crippen molar-refractivity contribution < 1.29 is 9.59 Å². The summed E-state index contributed by atoms with van der Waals surface area (Å²) >= 11 is 0. The van der Waals surface area contributed by atoms with E-state index >= 15 is 0 Å². The van der Waals surface area contributed by atoms with E-state index in [-0.39, 0.29) is 23.7 Å². The third kappa shape index (κ3) is 3.09. The summed E-state index contributed by atoms with van der Waals surface area (Å²) in [4.78, 5) is 25.9. The number of hydrogen-bond acceptors (Lipinski definition) is 2. The zero-order valence-electron chi connectivity index (χ0n) is 12.7. The van der Waals surface area contributed by atoms with Crippen LogP contribution in [0.1, 0.15) is 37.8 Å². The standard InChI is InChI=1S/C17H22N2O2/c1-11(2)17(21)19-8-7-12-5-6-15(9-14(12)10-19)18-16(20)13-3-4-13/h5-6,9,11,13H,3-4,7-8,10H2,1-2H3,(H,18,20). The Labute approximate surface area is 125 Å². The quantitative estimate of drug-likeness (QED) is 0.928. The largest absolute Gasteiger partial charge is 0.338 e.